The van der Waals surface area contributed by atoms with Crippen LogP contribution in [0.2, 0.25) is 0 Å². The summed E-state index contributed by atoms with van der Waals surface area (Å²) in [4.78, 5) is 9.11. The van der Waals surface area contributed by atoms with E-state index in [9.17, 15) is 0 Å². The Labute approximate surface area is 135 Å². The summed E-state index contributed by atoms with van der Waals surface area (Å²) in [7, 11) is 0. The molecule has 104 valence electrons. The van der Waals surface area contributed by atoms with E-state index in [2.05, 4.69) is 36.8 Å². The van der Waals surface area contributed by atoms with Crippen LogP contribution in [0, 0.1) is 0 Å². The molecule has 1 heterocycles. The van der Waals surface area contributed by atoms with Crippen molar-refractivity contribution in [1.82, 2.24) is 9.97 Å². The number of halogens is 2. The second kappa shape index (κ2) is 5.82. The normalized spacial score (nSPS) is 15.7. The van der Waals surface area contributed by atoms with Gasteiger partial charge in [-0.3, -0.25) is 0 Å². The van der Waals surface area contributed by atoms with Crippen LogP contribution >= 0.6 is 31.9 Å². The molecule has 20 heavy (non-hydrogen) atoms. The minimum Gasteiger partial charge on any atom is -0.384 e. The van der Waals surface area contributed by atoms with Gasteiger partial charge in [0, 0.05) is 32.2 Å². The van der Waals surface area contributed by atoms with Gasteiger partial charge < -0.3 is 5.73 Å². The molecule has 0 atom stereocenters. The maximum atomic E-state index is 5.96. The van der Waals surface area contributed by atoms with Crippen molar-refractivity contribution in [3.63, 3.8) is 0 Å². The van der Waals surface area contributed by atoms with Gasteiger partial charge in [-0.25, -0.2) is 9.97 Å². The van der Waals surface area contributed by atoms with Crippen molar-refractivity contribution in [3.05, 3.63) is 38.9 Å². The Bertz CT molecular complexity index is 637. The first-order valence-corrected chi connectivity index (χ1v) is 8.32. The fourth-order valence-corrected chi connectivity index (χ4v) is 3.31. The molecule has 0 unspecified atom stereocenters. The van der Waals surface area contributed by atoms with Gasteiger partial charge in [0.05, 0.1) is 0 Å². The van der Waals surface area contributed by atoms with Gasteiger partial charge in [0.15, 0.2) is 5.82 Å². The van der Waals surface area contributed by atoms with Crippen LogP contribution in [-0.2, 0) is 0 Å². The van der Waals surface area contributed by atoms with Crippen LogP contribution < -0.4 is 5.73 Å². The van der Waals surface area contributed by atoms with Crippen LogP contribution in [-0.4, -0.2) is 9.97 Å². The van der Waals surface area contributed by atoms with Crippen molar-refractivity contribution in [3.8, 4) is 11.4 Å². The molecule has 3 rings (SSSR count). The number of nitrogens with zero attached hydrogens (tertiary/aromatic N) is 2. The highest BCUT2D eigenvalue weighted by Crippen LogP contribution is 2.35. The van der Waals surface area contributed by atoms with E-state index < -0.39 is 0 Å². The van der Waals surface area contributed by atoms with E-state index in [1.165, 1.54) is 25.7 Å². The monoisotopic (exact) mass is 395 g/mol. The average Bonchev–Trinajstić information content (AvgIpc) is 2.95. The van der Waals surface area contributed by atoms with E-state index in [1.807, 2.05) is 24.3 Å². The summed E-state index contributed by atoms with van der Waals surface area (Å²) < 4.78 is 2.00. The molecule has 0 saturated heterocycles. The van der Waals surface area contributed by atoms with Crippen LogP contribution in [0.15, 0.2) is 33.2 Å². The van der Waals surface area contributed by atoms with E-state index in [-0.39, 0.29) is 0 Å². The number of aromatic nitrogens is 2. The topological polar surface area (TPSA) is 51.8 Å². The van der Waals surface area contributed by atoms with Crippen molar-refractivity contribution < 1.29 is 0 Å². The van der Waals surface area contributed by atoms with Gasteiger partial charge in [-0.15, -0.1) is 0 Å². The molecular weight excluding hydrogens is 382 g/mol. The first-order chi connectivity index (χ1) is 9.63. The zero-order chi connectivity index (χ0) is 14.1. The first kappa shape index (κ1) is 14.0. The largest absolute Gasteiger partial charge is 0.384 e. The van der Waals surface area contributed by atoms with Crippen LogP contribution in [0.4, 0.5) is 5.82 Å². The average molecular weight is 397 g/mol. The molecule has 2 aromatic rings. The minimum absolute atomic E-state index is 0.540. The van der Waals surface area contributed by atoms with Gasteiger partial charge in [-0.05, 0) is 62.9 Å². The van der Waals surface area contributed by atoms with Gasteiger partial charge in [0.25, 0.3) is 0 Å². The van der Waals surface area contributed by atoms with E-state index in [1.54, 1.807) is 0 Å². The summed E-state index contributed by atoms with van der Waals surface area (Å²) in [6.07, 6.45) is 4.99. The number of anilines is 1. The summed E-state index contributed by atoms with van der Waals surface area (Å²) in [5.74, 6) is 1.80. The number of hydrogen-bond acceptors (Lipinski definition) is 3. The van der Waals surface area contributed by atoms with Crippen molar-refractivity contribution in [1.29, 1.82) is 0 Å². The van der Waals surface area contributed by atoms with Crippen LogP contribution in [0.25, 0.3) is 11.4 Å². The lowest BCUT2D eigenvalue weighted by Gasteiger charge is -2.11. The standard InChI is InChI=1S/C15H15Br2N3/c16-11-6-5-10(7-12(11)17)15-19-13(8-14(18)20-15)9-3-1-2-4-9/h5-9H,1-4H2,(H2,18,19,20). The van der Waals surface area contributed by atoms with E-state index in [0.717, 1.165) is 20.2 Å². The summed E-state index contributed by atoms with van der Waals surface area (Å²) >= 11 is 6.99. The number of nitrogens with two attached hydrogens (primary N) is 1. The lowest BCUT2D eigenvalue weighted by atomic mass is 10.0. The third kappa shape index (κ3) is 2.88. The molecule has 1 aliphatic carbocycles. The third-order valence-corrected chi connectivity index (χ3v) is 5.60. The fraction of sp³-hybridized carbons (Fsp3) is 0.333. The van der Waals surface area contributed by atoms with Gasteiger partial charge in [-0.1, -0.05) is 12.8 Å². The van der Waals surface area contributed by atoms with E-state index in [4.69, 9.17) is 10.7 Å². The van der Waals surface area contributed by atoms with E-state index >= 15 is 0 Å². The van der Waals surface area contributed by atoms with Crippen molar-refractivity contribution in [2.45, 2.75) is 31.6 Å². The fourth-order valence-electron chi connectivity index (χ4n) is 2.68. The maximum Gasteiger partial charge on any atom is 0.161 e. The van der Waals surface area contributed by atoms with E-state index in [0.29, 0.717) is 17.6 Å². The predicted molar refractivity (Wildman–Crippen MR) is 88.5 cm³/mol. The van der Waals surface area contributed by atoms with Crippen molar-refractivity contribution >= 4 is 37.7 Å². The molecule has 0 radical (unpaired) electrons. The van der Waals surface area contributed by atoms with Crippen LogP contribution in [0.3, 0.4) is 0 Å². The smallest absolute Gasteiger partial charge is 0.161 e. The molecule has 1 aliphatic rings. The van der Waals surface area contributed by atoms with Gasteiger partial charge in [0.1, 0.15) is 5.82 Å². The SMILES string of the molecule is Nc1cc(C2CCCC2)nc(-c2ccc(Br)c(Br)c2)n1. The maximum absolute atomic E-state index is 5.96. The Morgan fingerprint density at radius 2 is 1.75 bits per heavy atom. The first-order valence-electron chi connectivity index (χ1n) is 6.73. The molecule has 2 N–H and O–H groups in total. The lowest BCUT2D eigenvalue weighted by molar-refractivity contribution is 0.696. The zero-order valence-corrected chi connectivity index (χ0v) is 14.1. The molecule has 1 saturated carbocycles. The molecule has 0 spiro atoms. The molecule has 3 nitrogen and oxygen atoms in total. The second-order valence-electron chi connectivity index (χ2n) is 5.15. The van der Waals surface area contributed by atoms with Crippen molar-refractivity contribution in [2.24, 2.45) is 0 Å². The minimum atomic E-state index is 0.540. The number of nitrogen functional groups attached to an aromatic ring is 1. The Morgan fingerprint density at radius 3 is 2.45 bits per heavy atom. The quantitative estimate of drug-likeness (QED) is 0.784. The van der Waals surface area contributed by atoms with Crippen LogP contribution in [0.5, 0.6) is 0 Å². The highest BCUT2D eigenvalue weighted by atomic mass is 79.9. The summed E-state index contributed by atoms with van der Waals surface area (Å²) in [6.45, 7) is 0. The highest BCUT2D eigenvalue weighted by Gasteiger charge is 2.20. The van der Waals surface area contributed by atoms with Gasteiger partial charge in [0.2, 0.25) is 0 Å². The third-order valence-electron chi connectivity index (χ3n) is 3.72. The molecule has 1 aromatic carbocycles. The molecular formula is C15H15Br2N3. The molecule has 1 aromatic heterocycles. The zero-order valence-electron chi connectivity index (χ0n) is 10.9. The Hall–Kier alpha value is -0.940. The number of rotatable bonds is 2. The second-order valence-corrected chi connectivity index (χ2v) is 6.86. The van der Waals surface area contributed by atoms with Gasteiger partial charge >= 0.3 is 0 Å². The lowest BCUT2D eigenvalue weighted by Crippen LogP contribution is -2.03. The Balaban J connectivity index is 2.02. The number of benzene rings is 1. The van der Waals surface area contributed by atoms with Crippen LogP contribution in [0.1, 0.15) is 37.3 Å². The molecule has 0 aliphatic heterocycles. The molecule has 1 fully saturated rings. The predicted octanol–water partition coefficient (Wildman–Crippen LogP) is 4.91. The molecule has 0 amide bonds. The summed E-state index contributed by atoms with van der Waals surface area (Å²) in [5.41, 5.74) is 8.03. The highest BCUT2D eigenvalue weighted by molar-refractivity contribution is 9.13. The summed E-state index contributed by atoms with van der Waals surface area (Å²) in [5, 5.41) is 0. The summed E-state index contributed by atoms with van der Waals surface area (Å²) in [6, 6.07) is 7.92. The molecule has 0 bridgehead atoms. The Kier molecular flexibility index (Phi) is 4.08. The molecule has 5 heteroatoms. The van der Waals surface area contributed by atoms with Gasteiger partial charge in [-0.2, -0.15) is 0 Å². The number of hydrogen-bond donors (Lipinski definition) is 1. The Morgan fingerprint density at radius 1 is 1.00 bits per heavy atom. The van der Waals surface area contributed by atoms with Crippen molar-refractivity contribution in [2.75, 3.05) is 5.73 Å².